The van der Waals surface area contributed by atoms with Crippen LogP contribution in [0.25, 0.3) is 0 Å². The fraction of sp³-hybridized carbons (Fsp3) is 0.273. The van der Waals surface area contributed by atoms with Crippen LogP contribution in [0.2, 0.25) is 0 Å². The molecule has 1 amide bonds. The van der Waals surface area contributed by atoms with E-state index in [1.165, 1.54) is 6.92 Å². The summed E-state index contributed by atoms with van der Waals surface area (Å²) in [6, 6.07) is 1.41. The van der Waals surface area contributed by atoms with Gasteiger partial charge in [-0.1, -0.05) is 15.9 Å². The Morgan fingerprint density at radius 2 is 1.94 bits per heavy atom. The van der Waals surface area contributed by atoms with Crippen LogP contribution < -0.4 is 5.32 Å². The second-order valence-corrected chi connectivity index (χ2v) is 4.78. The number of methoxy groups -OCH3 is 1. The molecule has 0 radical (unpaired) electrons. The molecule has 18 heavy (non-hydrogen) atoms. The van der Waals surface area contributed by atoms with Crippen LogP contribution in [-0.2, 0) is 9.53 Å². The fourth-order valence-corrected chi connectivity index (χ4v) is 1.26. The number of carbonyl (C=O) groups is 2. The molecule has 0 spiro atoms. The Balaban J connectivity index is 3.13. The highest BCUT2D eigenvalue weighted by molar-refractivity contribution is 9.10. The van der Waals surface area contributed by atoms with Gasteiger partial charge in [0.15, 0.2) is 0 Å². The van der Waals surface area contributed by atoms with E-state index in [4.69, 9.17) is 0 Å². The Morgan fingerprint density at radius 3 is 2.44 bits per heavy atom. The van der Waals surface area contributed by atoms with E-state index >= 15 is 0 Å². The van der Waals surface area contributed by atoms with Crippen molar-refractivity contribution in [2.45, 2.75) is 11.8 Å². The molecule has 98 valence electrons. The molecule has 7 heteroatoms. The van der Waals surface area contributed by atoms with Gasteiger partial charge in [-0.25, -0.2) is 13.6 Å². The molecule has 0 bridgehead atoms. The van der Waals surface area contributed by atoms with Crippen LogP contribution in [0.4, 0.5) is 14.5 Å². The van der Waals surface area contributed by atoms with Gasteiger partial charge in [-0.2, -0.15) is 0 Å². The molecule has 0 aliphatic carbocycles. The molecule has 0 aliphatic rings. The monoisotopic (exact) mass is 321 g/mol. The minimum atomic E-state index is -1.05. The van der Waals surface area contributed by atoms with Crippen molar-refractivity contribution in [3.63, 3.8) is 0 Å². The van der Waals surface area contributed by atoms with Crippen LogP contribution in [0.15, 0.2) is 12.1 Å². The van der Waals surface area contributed by atoms with Crippen LogP contribution >= 0.6 is 15.9 Å². The molecular formula is C11H10BrF2NO3. The van der Waals surface area contributed by atoms with Crippen molar-refractivity contribution >= 4 is 33.5 Å². The van der Waals surface area contributed by atoms with Gasteiger partial charge >= 0.3 is 5.97 Å². The summed E-state index contributed by atoms with van der Waals surface area (Å²) < 4.78 is 31.0. The SMILES string of the molecule is COC(=O)c1cc(NC(=O)C(C)Br)c(F)cc1F. The molecule has 0 heterocycles. The smallest absolute Gasteiger partial charge is 0.340 e. The number of ether oxygens (including phenoxy) is 1. The van der Waals surface area contributed by atoms with E-state index in [-0.39, 0.29) is 5.69 Å². The second-order valence-electron chi connectivity index (χ2n) is 3.41. The Morgan fingerprint density at radius 1 is 1.33 bits per heavy atom. The Bertz CT molecular complexity index is 491. The van der Waals surface area contributed by atoms with Gasteiger partial charge in [-0.3, -0.25) is 4.79 Å². The van der Waals surface area contributed by atoms with Crippen molar-refractivity contribution in [1.29, 1.82) is 0 Å². The van der Waals surface area contributed by atoms with E-state index in [1.54, 1.807) is 0 Å². The minimum absolute atomic E-state index is 0.284. The first kappa shape index (κ1) is 14.6. The maximum atomic E-state index is 13.4. The highest BCUT2D eigenvalue weighted by atomic mass is 79.9. The summed E-state index contributed by atoms with van der Waals surface area (Å²) in [6.45, 7) is 1.54. The highest BCUT2D eigenvalue weighted by Gasteiger charge is 2.18. The standard InChI is InChI=1S/C11H10BrF2NO3/c1-5(12)10(16)15-9-3-6(11(17)18-2)7(13)4-8(9)14/h3-5H,1-2H3,(H,15,16). The van der Waals surface area contributed by atoms with E-state index in [2.05, 4.69) is 26.0 Å². The summed E-state index contributed by atoms with van der Waals surface area (Å²) in [5.74, 6) is -3.49. The van der Waals surface area contributed by atoms with Crippen molar-refractivity contribution in [3.05, 3.63) is 29.3 Å². The van der Waals surface area contributed by atoms with Gasteiger partial charge in [0, 0.05) is 6.07 Å². The Labute approximate surface area is 110 Å². The molecular weight excluding hydrogens is 312 g/mol. The van der Waals surface area contributed by atoms with Crippen molar-refractivity contribution in [1.82, 2.24) is 0 Å². The van der Waals surface area contributed by atoms with Gasteiger partial charge in [0.1, 0.15) is 11.6 Å². The number of hydrogen-bond donors (Lipinski definition) is 1. The van der Waals surface area contributed by atoms with E-state index in [0.29, 0.717) is 6.07 Å². The average molecular weight is 322 g/mol. The van der Waals surface area contributed by atoms with Gasteiger partial charge in [-0.15, -0.1) is 0 Å². The maximum absolute atomic E-state index is 13.4. The van der Waals surface area contributed by atoms with Gasteiger partial charge in [0.2, 0.25) is 5.91 Å². The molecule has 0 saturated carbocycles. The maximum Gasteiger partial charge on any atom is 0.340 e. The summed E-state index contributed by atoms with van der Waals surface area (Å²) in [6.07, 6.45) is 0. The summed E-state index contributed by atoms with van der Waals surface area (Å²) in [5.41, 5.74) is -0.732. The summed E-state index contributed by atoms with van der Waals surface area (Å²) >= 11 is 3.00. The summed E-state index contributed by atoms with van der Waals surface area (Å²) in [7, 11) is 1.07. The lowest BCUT2D eigenvalue weighted by atomic mass is 10.1. The van der Waals surface area contributed by atoms with Gasteiger partial charge in [0.25, 0.3) is 0 Å². The van der Waals surface area contributed by atoms with Gasteiger partial charge < -0.3 is 10.1 Å². The molecule has 1 aromatic rings. The number of carbonyl (C=O) groups excluding carboxylic acids is 2. The molecule has 0 saturated heterocycles. The molecule has 1 N–H and O–H groups in total. The predicted molar refractivity (Wildman–Crippen MR) is 64.7 cm³/mol. The van der Waals surface area contributed by atoms with Gasteiger partial charge in [0.05, 0.1) is 23.2 Å². The van der Waals surface area contributed by atoms with Crippen LogP contribution in [0, 0.1) is 11.6 Å². The number of benzene rings is 1. The van der Waals surface area contributed by atoms with E-state index in [1.807, 2.05) is 0 Å². The van der Waals surface area contributed by atoms with Crippen molar-refractivity contribution < 1.29 is 23.1 Å². The van der Waals surface area contributed by atoms with Crippen molar-refractivity contribution in [3.8, 4) is 0 Å². The average Bonchev–Trinajstić information content (AvgIpc) is 2.31. The normalized spacial score (nSPS) is 11.8. The number of hydrogen-bond acceptors (Lipinski definition) is 3. The first-order valence-corrected chi connectivity index (χ1v) is 5.80. The molecule has 1 atom stereocenters. The molecule has 0 fully saturated rings. The number of anilines is 1. The molecule has 1 unspecified atom stereocenters. The van der Waals surface area contributed by atoms with Crippen LogP contribution in [0.1, 0.15) is 17.3 Å². The number of amides is 1. The lowest BCUT2D eigenvalue weighted by molar-refractivity contribution is -0.115. The van der Waals surface area contributed by atoms with E-state index in [9.17, 15) is 18.4 Å². The van der Waals surface area contributed by atoms with Crippen LogP contribution in [0.3, 0.4) is 0 Å². The Kier molecular flexibility index (Phi) is 4.77. The molecule has 0 aliphatic heterocycles. The zero-order chi connectivity index (χ0) is 13.9. The van der Waals surface area contributed by atoms with Gasteiger partial charge in [-0.05, 0) is 13.0 Å². The minimum Gasteiger partial charge on any atom is -0.465 e. The number of halogens is 3. The quantitative estimate of drug-likeness (QED) is 0.687. The predicted octanol–water partition coefficient (Wildman–Crippen LogP) is 2.47. The number of nitrogens with one attached hydrogen (secondary N) is 1. The zero-order valence-electron chi connectivity index (χ0n) is 9.59. The topological polar surface area (TPSA) is 55.4 Å². The van der Waals surface area contributed by atoms with Crippen LogP contribution in [0.5, 0.6) is 0 Å². The number of alkyl halides is 1. The third kappa shape index (κ3) is 3.25. The largest absolute Gasteiger partial charge is 0.465 e. The molecule has 1 aromatic carbocycles. The molecule has 4 nitrogen and oxygen atoms in total. The lowest BCUT2D eigenvalue weighted by Gasteiger charge is -2.10. The second kappa shape index (κ2) is 5.90. The van der Waals surface area contributed by atoms with Crippen molar-refractivity contribution in [2.75, 3.05) is 12.4 Å². The third-order valence-corrected chi connectivity index (χ3v) is 2.50. The van der Waals surface area contributed by atoms with Crippen molar-refractivity contribution in [2.24, 2.45) is 0 Å². The summed E-state index contributed by atoms with van der Waals surface area (Å²) in [4.78, 5) is 22.0. The zero-order valence-corrected chi connectivity index (χ0v) is 11.2. The molecule has 0 aromatic heterocycles. The molecule has 1 rings (SSSR count). The number of rotatable bonds is 3. The van der Waals surface area contributed by atoms with Crippen LogP contribution in [-0.4, -0.2) is 23.8 Å². The Hall–Kier alpha value is -1.50. The third-order valence-electron chi connectivity index (χ3n) is 2.08. The first-order chi connectivity index (χ1) is 8.36. The fourth-order valence-electron chi connectivity index (χ4n) is 1.14. The highest BCUT2D eigenvalue weighted by Crippen LogP contribution is 2.21. The van der Waals surface area contributed by atoms with E-state index in [0.717, 1.165) is 13.2 Å². The first-order valence-electron chi connectivity index (χ1n) is 4.89. The lowest BCUT2D eigenvalue weighted by Crippen LogP contribution is -2.21. The summed E-state index contributed by atoms with van der Waals surface area (Å²) in [5, 5.41) is 2.22. The van der Waals surface area contributed by atoms with E-state index < -0.39 is 33.9 Å². The number of esters is 1.